The highest BCUT2D eigenvalue weighted by Gasteiger charge is 2.32. The Morgan fingerprint density at radius 3 is 2.53 bits per heavy atom. The first-order chi connectivity index (χ1) is 15.3. The van der Waals surface area contributed by atoms with Crippen molar-refractivity contribution in [2.45, 2.75) is 31.5 Å². The number of hydrogen-bond acceptors (Lipinski definition) is 3. The molecule has 32 heavy (non-hydrogen) atoms. The lowest BCUT2D eigenvalue weighted by atomic mass is 9.88. The number of nitrogens with zero attached hydrogens (tertiary/aromatic N) is 1. The zero-order chi connectivity index (χ0) is 22.9. The van der Waals surface area contributed by atoms with E-state index in [-0.39, 0.29) is 28.0 Å². The summed E-state index contributed by atoms with van der Waals surface area (Å²) in [7, 11) is 0. The Labute approximate surface area is 188 Å². The molecule has 0 spiro atoms. The third kappa shape index (κ3) is 4.69. The van der Waals surface area contributed by atoms with E-state index in [1.165, 1.54) is 23.8 Å². The second-order valence-corrected chi connectivity index (χ2v) is 8.28. The molecule has 168 valence electrons. The van der Waals surface area contributed by atoms with Gasteiger partial charge in [0.05, 0.1) is 10.6 Å². The molecule has 4 nitrogen and oxygen atoms in total. The van der Waals surface area contributed by atoms with E-state index < -0.39 is 11.7 Å². The number of piperidine rings is 1. The number of halogens is 4. The van der Waals surface area contributed by atoms with Crippen LogP contribution in [0.2, 0.25) is 5.02 Å². The molecule has 1 fully saturated rings. The van der Waals surface area contributed by atoms with Crippen molar-refractivity contribution in [3.63, 3.8) is 0 Å². The zero-order valence-corrected chi connectivity index (χ0v) is 17.9. The molecule has 0 unspecified atom stereocenters. The zero-order valence-electron chi connectivity index (χ0n) is 17.2. The Morgan fingerprint density at radius 1 is 1.09 bits per heavy atom. The van der Waals surface area contributed by atoms with Crippen molar-refractivity contribution in [2.24, 2.45) is 5.73 Å². The smallest absolute Gasteiger partial charge is 0.416 e. The number of likely N-dealkylation sites (tertiary alicyclic amines) is 1. The van der Waals surface area contributed by atoms with Gasteiger partial charge in [0.25, 0.3) is 5.91 Å². The summed E-state index contributed by atoms with van der Waals surface area (Å²) >= 11 is 6.08. The topological polar surface area (TPSA) is 59.5 Å². The van der Waals surface area contributed by atoms with E-state index in [9.17, 15) is 18.0 Å². The van der Waals surface area contributed by atoms with E-state index >= 15 is 0 Å². The number of alkyl halides is 3. The predicted molar refractivity (Wildman–Crippen MR) is 116 cm³/mol. The van der Waals surface area contributed by atoms with Gasteiger partial charge in [-0.1, -0.05) is 35.9 Å². The summed E-state index contributed by atoms with van der Waals surface area (Å²) in [6.07, 6.45) is -2.88. The first-order valence-electron chi connectivity index (χ1n) is 10.3. The largest absolute Gasteiger partial charge is 0.451 e. The lowest BCUT2D eigenvalue weighted by Crippen LogP contribution is -2.37. The average Bonchev–Trinajstić information content (AvgIpc) is 3.28. The minimum Gasteiger partial charge on any atom is -0.451 e. The molecule has 1 aliphatic heterocycles. The quantitative estimate of drug-likeness (QED) is 0.510. The van der Waals surface area contributed by atoms with Gasteiger partial charge >= 0.3 is 6.18 Å². The predicted octanol–water partition coefficient (Wildman–Crippen LogP) is 6.10. The second-order valence-electron chi connectivity index (χ2n) is 7.87. The maximum Gasteiger partial charge on any atom is 0.416 e. The molecule has 0 radical (unpaired) electrons. The fraction of sp³-hybridized carbons (Fsp3) is 0.292. The van der Waals surface area contributed by atoms with Crippen molar-refractivity contribution in [1.29, 1.82) is 0 Å². The lowest BCUT2D eigenvalue weighted by molar-refractivity contribution is -0.137. The summed E-state index contributed by atoms with van der Waals surface area (Å²) in [4.78, 5) is 14.6. The van der Waals surface area contributed by atoms with Gasteiger partial charge in [-0.3, -0.25) is 4.79 Å². The van der Waals surface area contributed by atoms with Crippen molar-refractivity contribution >= 4 is 17.5 Å². The van der Waals surface area contributed by atoms with E-state index in [2.05, 4.69) is 12.1 Å². The highest BCUT2D eigenvalue weighted by atomic mass is 35.5. The average molecular weight is 463 g/mol. The van der Waals surface area contributed by atoms with E-state index in [4.69, 9.17) is 21.8 Å². The molecule has 3 aromatic rings. The fourth-order valence-electron chi connectivity index (χ4n) is 4.03. The Bertz CT molecular complexity index is 1120. The van der Waals surface area contributed by atoms with Gasteiger partial charge in [-0.05, 0) is 60.2 Å². The van der Waals surface area contributed by atoms with Crippen molar-refractivity contribution in [3.05, 3.63) is 82.1 Å². The Balaban J connectivity index is 1.46. The number of nitrogens with two attached hydrogens (primary N) is 1. The molecule has 2 N–H and O–H groups in total. The molecule has 2 aromatic carbocycles. The van der Waals surface area contributed by atoms with Crippen molar-refractivity contribution in [3.8, 4) is 11.3 Å². The molecule has 1 saturated heterocycles. The van der Waals surface area contributed by atoms with Crippen LogP contribution in [0.1, 0.15) is 46.0 Å². The summed E-state index contributed by atoms with van der Waals surface area (Å²) in [5, 5.41) is 0.117. The Morgan fingerprint density at radius 2 is 1.84 bits per heavy atom. The minimum atomic E-state index is -4.50. The Hall–Kier alpha value is -2.77. The molecule has 0 bridgehead atoms. The molecule has 0 saturated carbocycles. The molecule has 2 heterocycles. The van der Waals surface area contributed by atoms with Crippen LogP contribution in [-0.4, -0.2) is 23.9 Å². The maximum absolute atomic E-state index is 13.0. The van der Waals surface area contributed by atoms with Gasteiger partial charge in [0, 0.05) is 25.2 Å². The summed E-state index contributed by atoms with van der Waals surface area (Å²) in [6.45, 7) is 1.62. The monoisotopic (exact) mass is 462 g/mol. The first-order valence-corrected chi connectivity index (χ1v) is 10.7. The third-order valence-corrected chi connectivity index (χ3v) is 6.15. The summed E-state index contributed by atoms with van der Waals surface area (Å²) in [5.74, 6) is 0.269. The van der Waals surface area contributed by atoms with Crippen molar-refractivity contribution < 1.29 is 22.4 Å². The Kier molecular flexibility index (Phi) is 6.31. The molecular weight excluding hydrogens is 441 g/mol. The van der Waals surface area contributed by atoms with E-state index in [1.807, 2.05) is 12.1 Å². The van der Waals surface area contributed by atoms with Gasteiger partial charge < -0.3 is 15.1 Å². The molecule has 0 atom stereocenters. The molecule has 1 aliphatic rings. The molecule has 4 rings (SSSR count). The number of benzene rings is 2. The summed E-state index contributed by atoms with van der Waals surface area (Å²) in [6, 6.07) is 14.1. The number of hydrogen-bond donors (Lipinski definition) is 1. The van der Waals surface area contributed by atoms with Crippen LogP contribution >= 0.6 is 11.6 Å². The normalized spacial score (nSPS) is 15.2. The van der Waals surface area contributed by atoms with Crippen LogP contribution in [0.3, 0.4) is 0 Å². The van der Waals surface area contributed by atoms with Crippen LogP contribution < -0.4 is 5.73 Å². The van der Waals surface area contributed by atoms with Crippen LogP contribution in [-0.2, 0) is 12.7 Å². The van der Waals surface area contributed by atoms with Gasteiger partial charge in [-0.15, -0.1) is 0 Å². The van der Waals surface area contributed by atoms with E-state index in [0.717, 1.165) is 30.5 Å². The third-order valence-electron chi connectivity index (χ3n) is 5.82. The van der Waals surface area contributed by atoms with E-state index in [0.29, 0.717) is 25.6 Å². The van der Waals surface area contributed by atoms with E-state index in [1.54, 1.807) is 4.90 Å². The number of carbonyl (C=O) groups excluding carboxylic acids is 1. The van der Waals surface area contributed by atoms with Crippen LogP contribution in [0.4, 0.5) is 13.2 Å². The number of rotatable bonds is 4. The number of furan rings is 1. The van der Waals surface area contributed by atoms with Gasteiger partial charge in [0.2, 0.25) is 0 Å². The molecule has 1 amide bonds. The van der Waals surface area contributed by atoms with Gasteiger partial charge in [0.1, 0.15) is 5.76 Å². The van der Waals surface area contributed by atoms with Crippen LogP contribution in [0.15, 0.2) is 59.0 Å². The summed E-state index contributed by atoms with van der Waals surface area (Å²) in [5.41, 5.74) is 7.30. The van der Waals surface area contributed by atoms with Crippen LogP contribution in [0.5, 0.6) is 0 Å². The minimum absolute atomic E-state index is 0.0806. The molecule has 8 heteroatoms. The SMILES string of the molecule is NCc1cccc(C2CCN(C(=O)c3ccc(-c4cc(C(F)(F)F)ccc4Cl)o3)CC2)c1. The summed E-state index contributed by atoms with van der Waals surface area (Å²) < 4.78 is 44.8. The number of carbonyl (C=O) groups is 1. The molecular formula is C24H22ClF3N2O2. The van der Waals surface area contributed by atoms with Gasteiger partial charge in [-0.2, -0.15) is 13.2 Å². The second kappa shape index (κ2) is 9.00. The maximum atomic E-state index is 13.0. The lowest BCUT2D eigenvalue weighted by Gasteiger charge is -2.31. The number of amides is 1. The molecule has 1 aromatic heterocycles. The van der Waals surface area contributed by atoms with Crippen LogP contribution in [0, 0.1) is 0 Å². The van der Waals surface area contributed by atoms with Gasteiger partial charge in [-0.25, -0.2) is 0 Å². The highest BCUT2D eigenvalue weighted by molar-refractivity contribution is 6.33. The highest BCUT2D eigenvalue weighted by Crippen LogP contribution is 2.37. The fourth-order valence-corrected chi connectivity index (χ4v) is 4.24. The standard InChI is InChI=1S/C24H22ClF3N2O2/c25-20-5-4-18(24(26,27)28)13-19(20)21-6-7-22(32-21)23(31)30-10-8-16(9-11-30)17-3-1-2-15(12-17)14-29/h1-7,12-13,16H,8-11,14,29H2. The van der Waals surface area contributed by atoms with Gasteiger partial charge in [0.15, 0.2) is 5.76 Å². The van der Waals surface area contributed by atoms with Crippen LogP contribution in [0.25, 0.3) is 11.3 Å². The van der Waals surface area contributed by atoms with Crippen molar-refractivity contribution in [2.75, 3.05) is 13.1 Å². The molecule has 0 aliphatic carbocycles. The van der Waals surface area contributed by atoms with Crippen molar-refractivity contribution in [1.82, 2.24) is 4.90 Å². The first kappa shape index (κ1) is 22.4.